The minimum absolute atomic E-state index is 0.163. The van der Waals surface area contributed by atoms with E-state index >= 15 is 0 Å². The molecule has 1 amide bonds. The molecular weight excluding hydrogens is 552 g/mol. The van der Waals surface area contributed by atoms with Crippen molar-refractivity contribution >= 4 is 55.8 Å². The first-order chi connectivity index (χ1) is 16.9. The van der Waals surface area contributed by atoms with Gasteiger partial charge in [0.25, 0.3) is 5.91 Å². The zero-order chi connectivity index (χ0) is 24.5. The zero-order valence-electron chi connectivity index (χ0n) is 19.0. The van der Waals surface area contributed by atoms with Crippen LogP contribution in [0, 0.1) is 0 Å². The molecule has 1 aliphatic heterocycles. The molecule has 1 unspecified atom stereocenters. The van der Waals surface area contributed by atoms with Gasteiger partial charge in [-0.25, -0.2) is 4.98 Å². The van der Waals surface area contributed by atoms with Gasteiger partial charge in [0.1, 0.15) is 39.9 Å². The second kappa shape index (κ2) is 10.2. The Hall–Kier alpha value is -2.59. The molecule has 1 fully saturated rings. The average Bonchev–Trinajstić information content (AvgIpc) is 3.46. The number of hydrogen-bond donors (Lipinski definition) is 2. The summed E-state index contributed by atoms with van der Waals surface area (Å²) in [6, 6.07) is 13.2. The maximum atomic E-state index is 12.3. The molecule has 1 atom stereocenters. The molecule has 3 N–H and O–H groups in total. The summed E-state index contributed by atoms with van der Waals surface area (Å²) in [5.74, 6) is 0.618. The van der Waals surface area contributed by atoms with Gasteiger partial charge >= 0.3 is 0 Å². The predicted octanol–water partition coefficient (Wildman–Crippen LogP) is 5.87. The molecule has 10 heteroatoms. The van der Waals surface area contributed by atoms with Gasteiger partial charge in [-0.2, -0.15) is 0 Å². The Labute approximate surface area is 220 Å². The van der Waals surface area contributed by atoms with Gasteiger partial charge in [-0.15, -0.1) is 11.3 Å². The number of piperidine rings is 1. The number of carbonyl (C=O) groups excluding carboxylic acids is 1. The average molecular weight is 576 g/mol. The molecule has 35 heavy (non-hydrogen) atoms. The molecular formula is C25H24BrClN4O3S. The normalized spacial score (nSPS) is 15.3. The molecule has 3 heterocycles. The van der Waals surface area contributed by atoms with Crippen LogP contribution in [0.25, 0.3) is 16.0 Å². The van der Waals surface area contributed by atoms with Crippen LogP contribution in [-0.2, 0) is 0 Å². The number of benzene rings is 2. The van der Waals surface area contributed by atoms with Gasteiger partial charge < -0.3 is 20.5 Å². The number of rotatable bonds is 7. The van der Waals surface area contributed by atoms with Crippen LogP contribution in [0.15, 0.2) is 53.3 Å². The number of ether oxygens (including phenoxy) is 2. The Morgan fingerprint density at radius 1 is 1.26 bits per heavy atom. The third-order valence-electron chi connectivity index (χ3n) is 5.99. The number of fused-ring (bicyclic) bond motifs is 1. The van der Waals surface area contributed by atoms with Crippen LogP contribution < -0.4 is 20.5 Å². The van der Waals surface area contributed by atoms with Crippen molar-refractivity contribution in [3.8, 4) is 16.5 Å². The van der Waals surface area contributed by atoms with Crippen LogP contribution in [0.2, 0.25) is 5.02 Å². The van der Waals surface area contributed by atoms with Crippen molar-refractivity contribution in [1.82, 2.24) is 14.9 Å². The maximum Gasteiger partial charge on any atom is 0.262 e. The van der Waals surface area contributed by atoms with Crippen molar-refractivity contribution in [1.29, 1.82) is 0 Å². The number of nitrogens with zero attached hydrogens (tertiary/aromatic N) is 2. The summed E-state index contributed by atoms with van der Waals surface area (Å²) >= 11 is 11.3. The van der Waals surface area contributed by atoms with Crippen LogP contribution >= 0.6 is 38.9 Å². The quantitative estimate of drug-likeness (QED) is 0.287. The van der Waals surface area contributed by atoms with Crippen LogP contribution in [-0.4, -0.2) is 34.7 Å². The van der Waals surface area contributed by atoms with Crippen LogP contribution in [0.1, 0.15) is 41.1 Å². The van der Waals surface area contributed by atoms with Gasteiger partial charge in [0.05, 0.1) is 15.5 Å². The molecule has 1 aliphatic rings. The van der Waals surface area contributed by atoms with E-state index in [-0.39, 0.29) is 12.2 Å². The standard InChI is InChI=1S/C25H24BrClN4O3S/c1-14(16-4-2-3-5-17(16)27)33-20-12-21(35-24(20)25(28)32)31-13-30-18-6-7-19(22(26)23(18)31)34-15-8-10-29-11-9-15/h2-7,12-15,29H,8-11H2,1H3,(H2,28,32). The molecule has 0 spiro atoms. The molecule has 2 aromatic heterocycles. The molecule has 0 saturated carbocycles. The minimum atomic E-state index is -0.555. The molecule has 1 saturated heterocycles. The molecule has 182 valence electrons. The van der Waals surface area contributed by atoms with Gasteiger partial charge in [0.15, 0.2) is 0 Å². The number of primary amides is 1. The Bertz CT molecular complexity index is 1380. The van der Waals surface area contributed by atoms with E-state index in [1.807, 2.05) is 54.0 Å². The second-order valence-corrected chi connectivity index (χ2v) is 10.6. The summed E-state index contributed by atoms with van der Waals surface area (Å²) in [7, 11) is 0. The molecule has 2 aromatic carbocycles. The van der Waals surface area contributed by atoms with Gasteiger partial charge in [0.2, 0.25) is 0 Å². The first-order valence-electron chi connectivity index (χ1n) is 11.3. The number of thiophene rings is 1. The van der Waals surface area contributed by atoms with Crippen molar-refractivity contribution in [3.05, 3.63) is 68.7 Å². The van der Waals surface area contributed by atoms with Gasteiger partial charge in [-0.1, -0.05) is 29.8 Å². The lowest BCUT2D eigenvalue weighted by molar-refractivity contribution is 0.0998. The van der Waals surface area contributed by atoms with E-state index in [1.54, 1.807) is 6.33 Å². The lowest BCUT2D eigenvalue weighted by Gasteiger charge is -2.24. The molecule has 4 aromatic rings. The summed E-state index contributed by atoms with van der Waals surface area (Å²) in [6.07, 6.45) is 3.43. The van der Waals surface area contributed by atoms with E-state index in [2.05, 4.69) is 26.2 Å². The van der Waals surface area contributed by atoms with E-state index in [4.69, 9.17) is 26.8 Å². The lowest BCUT2D eigenvalue weighted by atomic mass is 10.1. The Morgan fingerprint density at radius 3 is 2.77 bits per heavy atom. The van der Waals surface area contributed by atoms with Crippen LogP contribution in [0.5, 0.6) is 11.5 Å². The molecule has 0 bridgehead atoms. The number of nitrogens with two attached hydrogens (primary N) is 1. The third kappa shape index (κ3) is 4.91. The van der Waals surface area contributed by atoms with Crippen molar-refractivity contribution < 1.29 is 14.3 Å². The number of amides is 1. The Balaban J connectivity index is 1.50. The molecule has 0 radical (unpaired) electrons. The van der Waals surface area contributed by atoms with Crippen molar-refractivity contribution in [2.75, 3.05) is 13.1 Å². The highest BCUT2D eigenvalue weighted by molar-refractivity contribution is 9.10. The fourth-order valence-corrected chi connectivity index (χ4v) is 6.03. The third-order valence-corrected chi connectivity index (χ3v) is 8.23. The zero-order valence-corrected chi connectivity index (χ0v) is 22.1. The predicted molar refractivity (Wildman–Crippen MR) is 142 cm³/mol. The maximum absolute atomic E-state index is 12.3. The minimum Gasteiger partial charge on any atom is -0.489 e. The number of hydrogen-bond acceptors (Lipinski definition) is 6. The van der Waals surface area contributed by atoms with Gasteiger partial charge in [-0.05, 0) is 67.0 Å². The van der Waals surface area contributed by atoms with Gasteiger partial charge in [-0.3, -0.25) is 9.36 Å². The second-order valence-electron chi connectivity index (χ2n) is 8.35. The largest absolute Gasteiger partial charge is 0.489 e. The number of halogens is 2. The SMILES string of the molecule is CC(Oc1cc(-n2cnc3ccc(OC4CCNCC4)c(Br)c32)sc1C(N)=O)c1ccccc1Cl. The fraction of sp³-hybridized carbons (Fsp3) is 0.280. The highest BCUT2D eigenvalue weighted by atomic mass is 79.9. The first-order valence-corrected chi connectivity index (χ1v) is 13.3. The van der Waals surface area contributed by atoms with Crippen molar-refractivity contribution in [3.63, 3.8) is 0 Å². The van der Waals surface area contributed by atoms with E-state index in [0.29, 0.717) is 15.6 Å². The number of imidazole rings is 1. The highest BCUT2D eigenvalue weighted by Gasteiger charge is 2.23. The Kier molecular flexibility index (Phi) is 7.02. The summed E-state index contributed by atoms with van der Waals surface area (Å²) < 4.78 is 15.2. The number of nitrogens with one attached hydrogen (secondary N) is 1. The van der Waals surface area contributed by atoms with Crippen LogP contribution in [0.4, 0.5) is 0 Å². The summed E-state index contributed by atoms with van der Waals surface area (Å²) in [6.45, 7) is 3.78. The molecule has 5 rings (SSSR count). The van der Waals surface area contributed by atoms with Crippen molar-refractivity contribution in [2.24, 2.45) is 5.73 Å². The van der Waals surface area contributed by atoms with Crippen molar-refractivity contribution in [2.45, 2.75) is 32.0 Å². The van der Waals surface area contributed by atoms with Gasteiger partial charge in [0, 0.05) is 16.7 Å². The first kappa shape index (κ1) is 24.1. The van der Waals surface area contributed by atoms with Crippen LogP contribution in [0.3, 0.4) is 0 Å². The smallest absolute Gasteiger partial charge is 0.262 e. The molecule has 7 nitrogen and oxygen atoms in total. The fourth-order valence-electron chi connectivity index (χ4n) is 4.20. The summed E-state index contributed by atoms with van der Waals surface area (Å²) in [4.78, 5) is 17.1. The van der Waals surface area contributed by atoms with E-state index in [1.165, 1.54) is 11.3 Å². The van der Waals surface area contributed by atoms with E-state index < -0.39 is 5.91 Å². The topological polar surface area (TPSA) is 91.4 Å². The highest BCUT2D eigenvalue weighted by Crippen LogP contribution is 2.40. The van der Waals surface area contributed by atoms with E-state index in [0.717, 1.165) is 57.8 Å². The Morgan fingerprint density at radius 2 is 2.03 bits per heavy atom. The lowest BCUT2D eigenvalue weighted by Crippen LogP contribution is -2.34. The summed E-state index contributed by atoms with van der Waals surface area (Å²) in [5, 5.41) is 4.70. The summed E-state index contributed by atoms with van der Waals surface area (Å²) in [5.41, 5.74) is 8.18. The number of carbonyl (C=O) groups is 1. The number of aromatic nitrogens is 2. The van der Waals surface area contributed by atoms with E-state index in [9.17, 15) is 4.79 Å². The molecule has 0 aliphatic carbocycles. The monoisotopic (exact) mass is 574 g/mol.